The van der Waals surface area contributed by atoms with Gasteiger partial charge in [0.25, 0.3) is 0 Å². The Labute approximate surface area is 157 Å². The van der Waals surface area contributed by atoms with Crippen molar-refractivity contribution in [1.82, 2.24) is 19.6 Å². The molecule has 0 saturated carbocycles. The third-order valence-electron chi connectivity index (χ3n) is 5.19. The molecule has 0 aliphatic carbocycles. The molecule has 1 amide bonds. The van der Waals surface area contributed by atoms with Crippen LogP contribution in [0, 0.1) is 0 Å². The maximum absolute atomic E-state index is 12.4. The van der Waals surface area contributed by atoms with Gasteiger partial charge < -0.3 is 5.32 Å². The van der Waals surface area contributed by atoms with Gasteiger partial charge in [-0.15, -0.1) is 11.3 Å². The number of rotatable bonds is 5. The molecule has 3 heterocycles. The van der Waals surface area contributed by atoms with Gasteiger partial charge in [-0.3, -0.25) is 14.1 Å². The molecule has 0 fully saturated rings. The van der Waals surface area contributed by atoms with Crippen molar-refractivity contribution in [1.29, 1.82) is 0 Å². The van der Waals surface area contributed by atoms with Crippen LogP contribution in [0.4, 0.5) is 0 Å². The van der Waals surface area contributed by atoms with Crippen LogP contribution >= 0.6 is 11.3 Å². The van der Waals surface area contributed by atoms with E-state index in [0.717, 1.165) is 30.2 Å². The Kier molecular flexibility index (Phi) is 4.54. The highest BCUT2D eigenvalue weighted by Crippen LogP contribution is 2.25. The SMILES string of the molecule is CC(C)(CNC(=O)Cc1cn2ccsc2n1)N1CCc2ccccc2C1. The fourth-order valence-electron chi connectivity index (χ4n) is 3.53. The van der Waals surface area contributed by atoms with Gasteiger partial charge in [0.05, 0.1) is 12.1 Å². The molecule has 1 N–H and O–H groups in total. The number of nitrogens with zero attached hydrogens (tertiary/aromatic N) is 3. The summed E-state index contributed by atoms with van der Waals surface area (Å²) in [5.74, 6) is 0.0289. The van der Waals surface area contributed by atoms with Crippen molar-refractivity contribution in [2.75, 3.05) is 13.1 Å². The molecule has 6 heteroatoms. The van der Waals surface area contributed by atoms with Crippen molar-refractivity contribution in [3.63, 3.8) is 0 Å². The summed E-state index contributed by atoms with van der Waals surface area (Å²) in [7, 11) is 0. The molecule has 1 aliphatic heterocycles. The summed E-state index contributed by atoms with van der Waals surface area (Å²) in [6.07, 6.45) is 5.29. The second-order valence-electron chi connectivity index (χ2n) is 7.53. The van der Waals surface area contributed by atoms with E-state index in [1.54, 1.807) is 11.3 Å². The highest BCUT2D eigenvalue weighted by Gasteiger charge is 2.30. The number of imidazole rings is 1. The Morgan fingerprint density at radius 1 is 1.31 bits per heavy atom. The van der Waals surface area contributed by atoms with Gasteiger partial charge in [-0.05, 0) is 31.4 Å². The van der Waals surface area contributed by atoms with Crippen molar-refractivity contribution in [3.05, 3.63) is 58.9 Å². The molecular formula is C20H24N4OS. The van der Waals surface area contributed by atoms with Crippen LogP contribution in [-0.4, -0.2) is 38.8 Å². The van der Waals surface area contributed by atoms with Crippen molar-refractivity contribution in [3.8, 4) is 0 Å². The van der Waals surface area contributed by atoms with Crippen LogP contribution in [0.2, 0.25) is 0 Å². The summed E-state index contributed by atoms with van der Waals surface area (Å²) < 4.78 is 1.96. The maximum atomic E-state index is 12.4. The van der Waals surface area contributed by atoms with E-state index in [0.29, 0.717) is 13.0 Å². The van der Waals surface area contributed by atoms with Crippen molar-refractivity contribution >= 4 is 22.2 Å². The molecule has 0 radical (unpaired) electrons. The molecule has 0 spiro atoms. The smallest absolute Gasteiger partial charge is 0.226 e. The molecular weight excluding hydrogens is 344 g/mol. The van der Waals surface area contributed by atoms with Gasteiger partial charge in [-0.1, -0.05) is 24.3 Å². The van der Waals surface area contributed by atoms with E-state index in [4.69, 9.17) is 0 Å². The normalized spacial score (nSPS) is 15.2. The van der Waals surface area contributed by atoms with Gasteiger partial charge in [0, 0.05) is 42.9 Å². The van der Waals surface area contributed by atoms with Crippen molar-refractivity contribution in [2.45, 2.75) is 38.8 Å². The van der Waals surface area contributed by atoms with Gasteiger partial charge in [0.15, 0.2) is 4.96 Å². The standard InChI is InChI=1S/C20H24N4OS/c1-20(2,24-8-7-15-5-3-4-6-16(15)12-24)14-21-18(25)11-17-13-23-9-10-26-19(23)22-17/h3-6,9-10,13H,7-8,11-12,14H2,1-2H3,(H,21,25). The van der Waals surface area contributed by atoms with E-state index >= 15 is 0 Å². The highest BCUT2D eigenvalue weighted by molar-refractivity contribution is 7.15. The molecule has 2 aromatic heterocycles. The number of fused-ring (bicyclic) bond motifs is 2. The van der Waals surface area contributed by atoms with Gasteiger partial charge in [0.1, 0.15) is 0 Å². The predicted molar refractivity (Wildman–Crippen MR) is 104 cm³/mol. The highest BCUT2D eigenvalue weighted by atomic mass is 32.1. The Morgan fingerprint density at radius 2 is 2.12 bits per heavy atom. The van der Waals surface area contributed by atoms with E-state index in [1.165, 1.54) is 11.1 Å². The van der Waals surface area contributed by atoms with Gasteiger partial charge in [-0.25, -0.2) is 4.98 Å². The van der Waals surface area contributed by atoms with Crippen molar-refractivity contribution < 1.29 is 4.79 Å². The average Bonchev–Trinajstić information content (AvgIpc) is 3.21. The molecule has 26 heavy (non-hydrogen) atoms. The lowest BCUT2D eigenvalue weighted by Gasteiger charge is -2.41. The molecule has 0 atom stereocenters. The van der Waals surface area contributed by atoms with Gasteiger partial charge >= 0.3 is 0 Å². The lowest BCUT2D eigenvalue weighted by atomic mass is 9.94. The summed E-state index contributed by atoms with van der Waals surface area (Å²) in [6.45, 7) is 7.01. The van der Waals surface area contributed by atoms with Crippen LogP contribution in [0.5, 0.6) is 0 Å². The monoisotopic (exact) mass is 368 g/mol. The quantitative estimate of drug-likeness (QED) is 0.753. The van der Waals surface area contributed by atoms with E-state index < -0.39 is 0 Å². The first kappa shape index (κ1) is 17.2. The summed E-state index contributed by atoms with van der Waals surface area (Å²) >= 11 is 1.58. The van der Waals surface area contributed by atoms with Crippen molar-refractivity contribution in [2.24, 2.45) is 0 Å². The molecule has 3 aromatic rings. The Hall–Kier alpha value is -2.18. The molecule has 0 unspecified atom stereocenters. The first-order chi connectivity index (χ1) is 12.5. The zero-order valence-corrected chi connectivity index (χ0v) is 16.1. The van der Waals surface area contributed by atoms with Crippen LogP contribution in [0.25, 0.3) is 4.96 Å². The zero-order valence-electron chi connectivity index (χ0n) is 15.2. The Bertz CT molecular complexity index is 898. The topological polar surface area (TPSA) is 49.6 Å². The van der Waals surface area contributed by atoms with Crippen LogP contribution in [0.3, 0.4) is 0 Å². The zero-order chi connectivity index (χ0) is 18.1. The van der Waals surface area contributed by atoms with Crippen LogP contribution in [-0.2, 0) is 24.2 Å². The minimum Gasteiger partial charge on any atom is -0.354 e. The fraction of sp³-hybridized carbons (Fsp3) is 0.400. The summed E-state index contributed by atoms with van der Waals surface area (Å²) in [6, 6.07) is 8.64. The lowest BCUT2D eigenvalue weighted by Crippen LogP contribution is -2.53. The first-order valence-electron chi connectivity index (χ1n) is 9.01. The van der Waals surface area contributed by atoms with E-state index in [2.05, 4.69) is 53.3 Å². The summed E-state index contributed by atoms with van der Waals surface area (Å²) in [5.41, 5.74) is 3.58. The fourth-order valence-corrected chi connectivity index (χ4v) is 4.25. The number of hydrogen-bond donors (Lipinski definition) is 1. The summed E-state index contributed by atoms with van der Waals surface area (Å²) in [5, 5.41) is 5.09. The van der Waals surface area contributed by atoms with E-state index in [1.807, 2.05) is 22.2 Å². The minimum atomic E-state index is -0.0856. The number of nitrogens with one attached hydrogen (secondary N) is 1. The molecule has 4 rings (SSSR count). The third kappa shape index (κ3) is 3.52. The number of aromatic nitrogens is 2. The number of amides is 1. The molecule has 0 bridgehead atoms. The minimum absolute atomic E-state index is 0.0289. The second kappa shape index (κ2) is 6.85. The number of benzene rings is 1. The Morgan fingerprint density at radius 3 is 2.92 bits per heavy atom. The molecule has 5 nitrogen and oxygen atoms in total. The predicted octanol–water partition coefficient (Wildman–Crippen LogP) is 2.89. The van der Waals surface area contributed by atoms with Gasteiger partial charge in [0.2, 0.25) is 5.91 Å². The molecule has 0 saturated heterocycles. The first-order valence-corrected chi connectivity index (χ1v) is 9.89. The Balaban J connectivity index is 1.34. The summed E-state index contributed by atoms with van der Waals surface area (Å²) in [4.78, 5) is 20.2. The van der Waals surface area contributed by atoms with Crippen LogP contribution in [0.1, 0.15) is 30.7 Å². The number of hydrogen-bond acceptors (Lipinski definition) is 4. The largest absolute Gasteiger partial charge is 0.354 e. The molecule has 1 aromatic carbocycles. The van der Waals surface area contributed by atoms with E-state index in [-0.39, 0.29) is 11.4 Å². The maximum Gasteiger partial charge on any atom is 0.226 e. The van der Waals surface area contributed by atoms with Crippen LogP contribution < -0.4 is 5.32 Å². The lowest BCUT2D eigenvalue weighted by molar-refractivity contribution is -0.121. The number of thiazole rings is 1. The second-order valence-corrected chi connectivity index (χ2v) is 8.40. The number of carbonyl (C=O) groups excluding carboxylic acids is 1. The third-order valence-corrected chi connectivity index (χ3v) is 5.96. The molecule has 136 valence electrons. The molecule has 1 aliphatic rings. The average molecular weight is 369 g/mol. The van der Waals surface area contributed by atoms with Crippen LogP contribution in [0.15, 0.2) is 42.0 Å². The number of carbonyl (C=O) groups is 1. The van der Waals surface area contributed by atoms with E-state index in [9.17, 15) is 4.79 Å². The van der Waals surface area contributed by atoms with Gasteiger partial charge in [-0.2, -0.15) is 0 Å².